The maximum Gasteiger partial charge on any atom is 0.305 e. The van der Waals surface area contributed by atoms with Crippen molar-refractivity contribution < 1.29 is 34.1 Å². The Labute approximate surface area is 181 Å². The quantitative estimate of drug-likeness (QED) is 0.233. The van der Waals surface area contributed by atoms with Crippen LogP contribution in [0.15, 0.2) is 18.2 Å². The van der Waals surface area contributed by atoms with Crippen LogP contribution in [-0.4, -0.2) is 53.1 Å². The van der Waals surface area contributed by atoms with Gasteiger partial charge in [-0.25, -0.2) is 0 Å². The predicted molar refractivity (Wildman–Crippen MR) is 113 cm³/mol. The third-order valence-corrected chi connectivity index (χ3v) is 4.47. The van der Waals surface area contributed by atoms with Gasteiger partial charge in [0.05, 0.1) is 20.3 Å². The fourth-order valence-electron chi connectivity index (χ4n) is 2.71. The minimum Gasteiger partial charge on any atom is -0.469 e. The van der Waals surface area contributed by atoms with Crippen molar-refractivity contribution in [1.82, 2.24) is 10.6 Å². The van der Waals surface area contributed by atoms with Crippen LogP contribution in [0.1, 0.15) is 50.7 Å². The zero-order chi connectivity index (χ0) is 23.4. The summed E-state index contributed by atoms with van der Waals surface area (Å²) in [6.45, 7) is 2.51. The van der Waals surface area contributed by atoms with Gasteiger partial charge in [-0.3, -0.25) is 19.2 Å². The molecule has 0 aromatic heterocycles. The van der Waals surface area contributed by atoms with Crippen LogP contribution >= 0.6 is 0 Å². The van der Waals surface area contributed by atoms with Gasteiger partial charge in [0.25, 0.3) is 0 Å². The molecule has 0 unspecified atom stereocenters. The highest BCUT2D eigenvalue weighted by Crippen LogP contribution is 2.16. The average Bonchev–Trinajstić information content (AvgIpc) is 2.75. The molecule has 0 radical (unpaired) electrons. The fourth-order valence-corrected chi connectivity index (χ4v) is 2.71. The lowest BCUT2D eigenvalue weighted by Crippen LogP contribution is -2.50. The lowest BCUT2D eigenvalue weighted by molar-refractivity contribution is -0.140. The summed E-state index contributed by atoms with van der Waals surface area (Å²) in [4.78, 5) is 47.6. The normalized spacial score (nSPS) is 12.4. The number of amides is 3. The molecule has 0 fully saturated rings. The van der Waals surface area contributed by atoms with Crippen LogP contribution < -0.4 is 16.0 Å². The summed E-state index contributed by atoms with van der Waals surface area (Å²) in [5.41, 5.74) is 1.44. The number of hydrogen-bond donors (Lipinski definition) is 5. The van der Waals surface area contributed by atoms with Crippen LogP contribution in [0.4, 0.5) is 5.69 Å². The summed E-state index contributed by atoms with van der Waals surface area (Å²) in [6.07, 6.45) is 1.39. The van der Waals surface area contributed by atoms with E-state index in [1.807, 2.05) is 0 Å². The molecule has 0 saturated carbocycles. The summed E-state index contributed by atoms with van der Waals surface area (Å²) in [5, 5.41) is 26.3. The Morgan fingerprint density at radius 3 is 1.97 bits per heavy atom. The van der Waals surface area contributed by atoms with Crippen LogP contribution in [0.2, 0.25) is 0 Å². The molecule has 3 amide bonds. The number of ether oxygens (including phenoxy) is 1. The van der Waals surface area contributed by atoms with Crippen LogP contribution in [0.25, 0.3) is 0 Å². The number of aliphatic hydroxyl groups is 2. The van der Waals surface area contributed by atoms with Gasteiger partial charge in [0, 0.05) is 18.5 Å². The lowest BCUT2D eigenvalue weighted by atomic mass is 10.1. The summed E-state index contributed by atoms with van der Waals surface area (Å²) in [5.74, 6) is -1.68. The minimum atomic E-state index is -0.887. The second kappa shape index (κ2) is 13.3. The topological polar surface area (TPSA) is 154 Å². The molecule has 172 valence electrons. The van der Waals surface area contributed by atoms with E-state index in [0.29, 0.717) is 29.7 Å². The van der Waals surface area contributed by atoms with E-state index in [1.54, 1.807) is 18.2 Å². The van der Waals surface area contributed by atoms with E-state index in [2.05, 4.69) is 20.7 Å². The molecule has 0 aliphatic rings. The van der Waals surface area contributed by atoms with E-state index in [9.17, 15) is 29.4 Å². The standard InChI is InChI=1S/C21H31N3O7/c1-13(22-18(27)6-4-5-7-19(28)31-3)20(29)23-14(2)21(30)24-17-9-15(11-25)8-16(10-17)12-26/h8-10,13-14,25-26H,4-7,11-12H2,1-3H3,(H,22,27)(H,23,29)(H,24,30)/t13-,14+/m0/s1. The Balaban J connectivity index is 2.48. The number of carbonyl (C=O) groups is 4. The second-order valence-electron chi connectivity index (χ2n) is 7.15. The Kier molecular flexibility index (Phi) is 11.2. The van der Waals surface area contributed by atoms with Gasteiger partial charge in [-0.15, -0.1) is 0 Å². The molecule has 1 rings (SSSR count). The van der Waals surface area contributed by atoms with Crippen LogP contribution in [0, 0.1) is 0 Å². The van der Waals surface area contributed by atoms with Crippen molar-refractivity contribution in [3.8, 4) is 0 Å². The number of benzene rings is 1. The van der Waals surface area contributed by atoms with E-state index < -0.39 is 23.9 Å². The smallest absolute Gasteiger partial charge is 0.305 e. The maximum atomic E-state index is 12.4. The van der Waals surface area contributed by atoms with Gasteiger partial charge >= 0.3 is 5.97 Å². The number of methoxy groups -OCH3 is 1. The van der Waals surface area contributed by atoms with Crippen molar-refractivity contribution in [3.05, 3.63) is 29.3 Å². The van der Waals surface area contributed by atoms with Crippen molar-refractivity contribution in [2.45, 2.75) is 64.8 Å². The fraction of sp³-hybridized carbons (Fsp3) is 0.524. The van der Waals surface area contributed by atoms with Gasteiger partial charge in [-0.2, -0.15) is 0 Å². The average molecular weight is 437 g/mol. The first-order valence-electron chi connectivity index (χ1n) is 10.0. The molecule has 0 bridgehead atoms. The highest BCUT2D eigenvalue weighted by molar-refractivity contribution is 5.98. The summed E-state index contributed by atoms with van der Waals surface area (Å²) < 4.78 is 4.52. The summed E-state index contributed by atoms with van der Waals surface area (Å²) in [7, 11) is 1.30. The highest BCUT2D eigenvalue weighted by atomic mass is 16.5. The Morgan fingerprint density at radius 2 is 1.42 bits per heavy atom. The first-order chi connectivity index (χ1) is 14.7. The molecule has 0 saturated heterocycles. The van der Waals surface area contributed by atoms with Crippen molar-refractivity contribution in [1.29, 1.82) is 0 Å². The van der Waals surface area contributed by atoms with Gasteiger partial charge in [0.1, 0.15) is 12.1 Å². The van der Waals surface area contributed by atoms with Crippen LogP contribution in [-0.2, 0) is 37.1 Å². The highest BCUT2D eigenvalue weighted by Gasteiger charge is 2.21. The molecular weight excluding hydrogens is 406 g/mol. The van der Waals surface area contributed by atoms with E-state index in [4.69, 9.17) is 0 Å². The number of anilines is 1. The summed E-state index contributed by atoms with van der Waals surface area (Å²) in [6, 6.07) is 3.01. The molecule has 2 atom stereocenters. The minimum absolute atomic E-state index is 0.166. The predicted octanol–water partition coefficient (Wildman–Crippen LogP) is 0.353. The van der Waals surface area contributed by atoms with Gasteiger partial charge in [0.2, 0.25) is 17.7 Å². The van der Waals surface area contributed by atoms with E-state index in [1.165, 1.54) is 21.0 Å². The van der Waals surface area contributed by atoms with Crippen molar-refractivity contribution in [3.63, 3.8) is 0 Å². The second-order valence-corrected chi connectivity index (χ2v) is 7.15. The van der Waals surface area contributed by atoms with Crippen LogP contribution in [0.3, 0.4) is 0 Å². The largest absolute Gasteiger partial charge is 0.469 e. The van der Waals surface area contributed by atoms with Gasteiger partial charge < -0.3 is 30.9 Å². The van der Waals surface area contributed by atoms with Crippen molar-refractivity contribution >= 4 is 29.4 Å². The zero-order valence-corrected chi connectivity index (χ0v) is 18.1. The molecule has 5 N–H and O–H groups in total. The molecule has 0 heterocycles. The third kappa shape index (κ3) is 9.58. The summed E-state index contributed by atoms with van der Waals surface area (Å²) >= 11 is 0. The number of esters is 1. The first kappa shape index (κ1) is 26.1. The monoisotopic (exact) mass is 437 g/mol. The molecule has 0 spiro atoms. The molecule has 10 nitrogen and oxygen atoms in total. The number of hydrogen-bond acceptors (Lipinski definition) is 7. The first-order valence-corrected chi connectivity index (χ1v) is 10.0. The molecule has 1 aromatic carbocycles. The number of unbranched alkanes of at least 4 members (excludes halogenated alkanes) is 1. The van der Waals surface area contributed by atoms with E-state index in [0.717, 1.165) is 0 Å². The van der Waals surface area contributed by atoms with E-state index >= 15 is 0 Å². The Morgan fingerprint density at radius 1 is 0.871 bits per heavy atom. The number of nitrogens with one attached hydrogen (secondary N) is 3. The van der Waals surface area contributed by atoms with Gasteiger partial charge in [0.15, 0.2) is 0 Å². The Bertz CT molecular complexity index is 760. The van der Waals surface area contributed by atoms with Crippen LogP contribution in [0.5, 0.6) is 0 Å². The molecule has 1 aromatic rings. The molecule has 0 aliphatic carbocycles. The van der Waals surface area contributed by atoms with Gasteiger partial charge in [-0.05, 0) is 49.9 Å². The number of aliphatic hydroxyl groups excluding tert-OH is 2. The maximum absolute atomic E-state index is 12.4. The van der Waals surface area contributed by atoms with Crippen molar-refractivity contribution in [2.24, 2.45) is 0 Å². The molecule has 0 aliphatic heterocycles. The molecule has 10 heteroatoms. The lowest BCUT2D eigenvalue weighted by Gasteiger charge is -2.19. The molecular formula is C21H31N3O7. The SMILES string of the molecule is COC(=O)CCCCC(=O)N[C@@H](C)C(=O)N[C@H](C)C(=O)Nc1cc(CO)cc(CO)c1. The van der Waals surface area contributed by atoms with E-state index in [-0.39, 0.29) is 37.9 Å². The zero-order valence-electron chi connectivity index (χ0n) is 18.1. The number of rotatable bonds is 12. The van der Waals surface area contributed by atoms with Gasteiger partial charge in [-0.1, -0.05) is 6.07 Å². The molecule has 31 heavy (non-hydrogen) atoms. The third-order valence-electron chi connectivity index (χ3n) is 4.47. The Hall–Kier alpha value is -2.98. The van der Waals surface area contributed by atoms with Crippen molar-refractivity contribution in [2.75, 3.05) is 12.4 Å². The number of carbonyl (C=O) groups excluding carboxylic acids is 4.